The fourth-order valence-corrected chi connectivity index (χ4v) is 18.3. The number of hydrogen-bond acceptors (Lipinski definition) is 8. The van der Waals surface area contributed by atoms with Gasteiger partial charge in [0.15, 0.2) is 17.3 Å². The van der Waals surface area contributed by atoms with Gasteiger partial charge in [0.05, 0.1) is 19.3 Å². The van der Waals surface area contributed by atoms with Crippen molar-refractivity contribution in [1.82, 2.24) is 0 Å². The number of ether oxygens (including phenoxy) is 4. The van der Waals surface area contributed by atoms with E-state index in [-0.39, 0.29) is 5.78 Å². The van der Waals surface area contributed by atoms with E-state index >= 15 is 0 Å². The molecule has 0 fully saturated rings. The molecule has 0 aliphatic rings. The lowest BCUT2D eigenvalue weighted by Gasteiger charge is -2.42. The van der Waals surface area contributed by atoms with Crippen LogP contribution in [0.4, 0.5) is 0 Å². The first kappa shape index (κ1) is 47.6. The molecule has 0 saturated heterocycles. The van der Waals surface area contributed by atoms with E-state index in [1.807, 2.05) is 36.4 Å². The molecular formula is C42H74O8Si2. The van der Waals surface area contributed by atoms with Crippen LogP contribution >= 0.6 is 0 Å². The Labute approximate surface area is 319 Å². The van der Waals surface area contributed by atoms with Crippen LogP contribution in [-0.4, -0.2) is 68.2 Å². The minimum Gasteiger partial charge on any atom is -0.540 e. The van der Waals surface area contributed by atoms with E-state index in [1.165, 1.54) is 0 Å². The summed E-state index contributed by atoms with van der Waals surface area (Å²) in [7, 11) is -0.784. The molecule has 8 nitrogen and oxygen atoms in total. The minimum atomic E-state index is -2.09. The molecule has 2 rings (SSSR count). The van der Waals surface area contributed by atoms with E-state index in [0.29, 0.717) is 71.0 Å². The van der Waals surface area contributed by atoms with Gasteiger partial charge in [-0.05, 0) is 83.0 Å². The smallest absolute Gasteiger partial charge is 0.258 e. The number of ketones is 1. The van der Waals surface area contributed by atoms with Gasteiger partial charge in [-0.3, -0.25) is 4.79 Å². The molecule has 52 heavy (non-hydrogen) atoms. The average Bonchev–Trinajstić information content (AvgIpc) is 3.06. The van der Waals surface area contributed by atoms with Crippen molar-refractivity contribution in [3.8, 4) is 23.0 Å². The third-order valence-corrected chi connectivity index (χ3v) is 22.3. The summed E-state index contributed by atoms with van der Waals surface area (Å²) < 4.78 is 35.8. The molecule has 0 aliphatic carbocycles. The lowest BCUT2D eigenvalue weighted by molar-refractivity contribution is 0.101. The maximum absolute atomic E-state index is 11.8. The number of Topliss-reactive ketones (excluding diaryl/α,β-unsaturated/α-hetero) is 1. The van der Waals surface area contributed by atoms with Gasteiger partial charge < -0.3 is 32.9 Å². The zero-order chi connectivity index (χ0) is 39.8. The van der Waals surface area contributed by atoms with Crippen molar-refractivity contribution < 1.29 is 37.7 Å². The van der Waals surface area contributed by atoms with Crippen LogP contribution < -0.4 is 18.3 Å². The van der Waals surface area contributed by atoms with Crippen LogP contribution in [0.2, 0.25) is 33.2 Å². The molecule has 298 valence electrons. The number of hydrogen-bond donors (Lipinski definition) is 1. The van der Waals surface area contributed by atoms with E-state index < -0.39 is 22.7 Å². The monoisotopic (exact) mass is 762 g/mol. The van der Waals surface area contributed by atoms with Crippen molar-refractivity contribution in [1.29, 1.82) is 0 Å². The van der Waals surface area contributed by atoms with Crippen LogP contribution in [0.5, 0.6) is 23.0 Å². The SMILES string of the molecule is COCCCOc1cc(C(C)=O)ccc1O[Si](C(C)C)(C(C)C)C(C)C.COCCCOc1cc(C(C)O)ccc1O[Si](C(C)C)(C(C)C)C(C)C. The molecule has 0 radical (unpaired) electrons. The van der Waals surface area contributed by atoms with Gasteiger partial charge in [0.25, 0.3) is 16.6 Å². The lowest BCUT2D eigenvalue weighted by atomic mass is 10.1. The summed E-state index contributed by atoms with van der Waals surface area (Å²) in [5.41, 5.74) is 4.35. The largest absolute Gasteiger partial charge is 0.540 e. The molecule has 0 bridgehead atoms. The fourth-order valence-electron chi connectivity index (χ4n) is 7.76. The van der Waals surface area contributed by atoms with Crippen LogP contribution in [0.1, 0.15) is 132 Å². The third-order valence-electron chi connectivity index (χ3n) is 10.3. The number of carbonyl (C=O) groups is 1. The van der Waals surface area contributed by atoms with Crippen molar-refractivity contribution in [3.63, 3.8) is 0 Å². The Kier molecular flexibility index (Phi) is 20.8. The molecule has 2 aromatic carbocycles. The first-order valence-electron chi connectivity index (χ1n) is 19.4. The Morgan fingerprint density at radius 1 is 0.558 bits per heavy atom. The molecule has 0 aliphatic heterocycles. The summed E-state index contributed by atoms with van der Waals surface area (Å²) in [5, 5.41) is 9.94. The summed E-state index contributed by atoms with van der Waals surface area (Å²) in [5.74, 6) is 2.97. The molecule has 10 heteroatoms. The summed E-state index contributed by atoms with van der Waals surface area (Å²) in [6, 6.07) is 11.3. The predicted octanol–water partition coefficient (Wildman–Crippen LogP) is 11.6. The van der Waals surface area contributed by atoms with Crippen LogP contribution in [0.15, 0.2) is 36.4 Å². The van der Waals surface area contributed by atoms with Gasteiger partial charge in [0.2, 0.25) is 0 Å². The van der Waals surface area contributed by atoms with Crippen molar-refractivity contribution >= 4 is 22.4 Å². The molecule has 2 aromatic rings. The Bertz CT molecular complexity index is 1280. The highest BCUT2D eigenvalue weighted by molar-refractivity contribution is 6.78. The van der Waals surface area contributed by atoms with E-state index in [4.69, 9.17) is 27.8 Å². The van der Waals surface area contributed by atoms with Gasteiger partial charge in [0.1, 0.15) is 11.5 Å². The average molecular weight is 763 g/mol. The molecule has 1 unspecified atom stereocenters. The number of carbonyl (C=O) groups excluding carboxylic acids is 1. The summed E-state index contributed by atoms with van der Waals surface area (Å²) in [4.78, 5) is 11.8. The highest BCUT2D eigenvalue weighted by Crippen LogP contribution is 2.46. The molecule has 1 atom stereocenters. The third kappa shape index (κ3) is 12.9. The summed E-state index contributed by atoms with van der Waals surface area (Å²) in [6.45, 7) is 32.9. The number of benzene rings is 2. The molecule has 0 aromatic heterocycles. The van der Waals surface area contributed by atoms with E-state index in [9.17, 15) is 9.90 Å². The Balaban J connectivity index is 0.000000520. The van der Waals surface area contributed by atoms with Gasteiger partial charge in [-0.1, -0.05) is 89.2 Å². The first-order chi connectivity index (χ1) is 24.3. The first-order valence-corrected chi connectivity index (χ1v) is 23.7. The number of rotatable bonds is 22. The van der Waals surface area contributed by atoms with Crippen molar-refractivity contribution in [2.45, 2.75) is 149 Å². The summed E-state index contributed by atoms with van der Waals surface area (Å²) >= 11 is 0. The molecule has 0 amide bonds. The Morgan fingerprint density at radius 3 is 1.25 bits per heavy atom. The topological polar surface area (TPSA) is 92.7 Å². The summed E-state index contributed by atoms with van der Waals surface area (Å²) in [6.07, 6.45) is 1.07. The van der Waals surface area contributed by atoms with Crippen molar-refractivity contribution in [2.75, 3.05) is 40.6 Å². The second-order valence-corrected chi connectivity index (χ2v) is 26.6. The Hall–Kier alpha value is -2.38. The van der Waals surface area contributed by atoms with E-state index in [2.05, 4.69) is 83.1 Å². The van der Waals surface area contributed by atoms with Gasteiger partial charge in [-0.15, -0.1) is 0 Å². The van der Waals surface area contributed by atoms with Crippen LogP contribution in [0.25, 0.3) is 0 Å². The van der Waals surface area contributed by atoms with E-state index in [1.54, 1.807) is 28.1 Å². The number of aliphatic hydroxyl groups is 1. The van der Waals surface area contributed by atoms with Gasteiger partial charge in [-0.2, -0.15) is 0 Å². The van der Waals surface area contributed by atoms with Gasteiger partial charge in [-0.25, -0.2) is 0 Å². The predicted molar refractivity (Wildman–Crippen MR) is 221 cm³/mol. The highest BCUT2D eigenvalue weighted by atomic mass is 28.4. The normalized spacial score (nSPS) is 12.8. The van der Waals surface area contributed by atoms with E-state index in [0.717, 1.165) is 35.7 Å². The van der Waals surface area contributed by atoms with Crippen LogP contribution in [-0.2, 0) is 9.47 Å². The second kappa shape index (κ2) is 22.7. The molecular weight excluding hydrogens is 689 g/mol. The van der Waals surface area contributed by atoms with Crippen LogP contribution in [0.3, 0.4) is 0 Å². The highest BCUT2D eigenvalue weighted by Gasteiger charge is 2.48. The van der Waals surface area contributed by atoms with Gasteiger partial charge in [0, 0.05) is 45.8 Å². The number of aliphatic hydroxyl groups excluding tert-OH is 1. The zero-order valence-corrected chi connectivity index (χ0v) is 37.6. The van der Waals surface area contributed by atoms with Crippen molar-refractivity contribution in [2.24, 2.45) is 0 Å². The zero-order valence-electron chi connectivity index (χ0n) is 35.6. The quantitative estimate of drug-likeness (QED) is 0.0720. The standard InChI is InChI=1S/C21H38O4Si.C21H36O4Si/c2*1-15(2)26(16(3)4,17(5)6)25-20-11-10-19(18(7)22)14-21(20)24-13-9-12-23-8/h10-11,14-18,22H,9,12-13H2,1-8H3;10-11,14-17H,9,12-13H2,1-8H3. The Morgan fingerprint density at radius 2 is 0.923 bits per heavy atom. The maximum Gasteiger partial charge on any atom is 0.258 e. The second-order valence-electron chi connectivity index (χ2n) is 15.8. The lowest BCUT2D eigenvalue weighted by Crippen LogP contribution is -2.50. The van der Waals surface area contributed by atoms with Gasteiger partial charge >= 0.3 is 0 Å². The minimum absolute atomic E-state index is 0.0263. The van der Waals surface area contributed by atoms with Crippen LogP contribution in [0, 0.1) is 0 Å². The molecule has 1 N–H and O–H groups in total. The van der Waals surface area contributed by atoms with Crippen molar-refractivity contribution in [3.05, 3.63) is 47.5 Å². The number of methoxy groups -OCH3 is 2. The fraction of sp³-hybridized carbons (Fsp3) is 0.690. The molecule has 0 saturated carbocycles. The molecule has 0 spiro atoms. The maximum atomic E-state index is 11.8. The molecule has 0 heterocycles.